The third-order valence-electron chi connectivity index (χ3n) is 3.88. The molecule has 1 aromatic heterocycles. The summed E-state index contributed by atoms with van der Waals surface area (Å²) in [6, 6.07) is 7.62. The van der Waals surface area contributed by atoms with Gasteiger partial charge in [0.2, 0.25) is 10.0 Å². The van der Waals surface area contributed by atoms with Crippen LogP contribution in [0.15, 0.2) is 29.6 Å². The Balaban J connectivity index is 1.54. The lowest BCUT2D eigenvalue weighted by atomic mass is 10.0. The number of hydrogen-bond acceptors (Lipinski definition) is 5. The van der Waals surface area contributed by atoms with Gasteiger partial charge in [-0.15, -0.1) is 11.3 Å². The lowest BCUT2D eigenvalue weighted by molar-refractivity contribution is 0.212. The zero-order valence-corrected chi connectivity index (χ0v) is 15.1. The Kier molecular flexibility index (Phi) is 4.91. The average Bonchev–Trinajstić information content (AvgIpc) is 2.94. The second kappa shape index (κ2) is 6.76. The van der Waals surface area contributed by atoms with E-state index in [2.05, 4.69) is 10.3 Å². The molecule has 124 valence electrons. The normalized spacial score (nSPS) is 16.3. The van der Waals surface area contributed by atoms with Crippen molar-refractivity contribution in [3.63, 3.8) is 0 Å². The van der Waals surface area contributed by atoms with Gasteiger partial charge in [0, 0.05) is 41.5 Å². The lowest BCUT2D eigenvalue weighted by Crippen LogP contribution is -2.52. The average molecular weight is 372 g/mol. The molecule has 0 saturated carbocycles. The standard InChI is InChI=1S/C15H18ClN3O2S2/c1-2-23(20,21)19-8-11(9-19)7-17-15-18-14(10-22-15)12-5-3-4-6-13(12)16/h3-6,10-11H,2,7-9H2,1H3,(H,17,18). The molecule has 2 aromatic rings. The first-order valence-electron chi connectivity index (χ1n) is 7.41. The van der Waals surface area contributed by atoms with Gasteiger partial charge in [-0.2, -0.15) is 0 Å². The predicted molar refractivity (Wildman–Crippen MR) is 95.6 cm³/mol. The van der Waals surface area contributed by atoms with E-state index in [-0.39, 0.29) is 5.75 Å². The fraction of sp³-hybridized carbons (Fsp3) is 0.400. The van der Waals surface area contributed by atoms with Gasteiger partial charge in [-0.1, -0.05) is 29.8 Å². The summed E-state index contributed by atoms with van der Waals surface area (Å²) in [6.07, 6.45) is 0. The van der Waals surface area contributed by atoms with Crippen LogP contribution in [0.4, 0.5) is 5.13 Å². The molecule has 0 bridgehead atoms. The Bertz CT molecular complexity index is 786. The zero-order valence-electron chi connectivity index (χ0n) is 12.7. The van der Waals surface area contributed by atoms with Gasteiger partial charge in [-0.25, -0.2) is 17.7 Å². The minimum Gasteiger partial charge on any atom is -0.361 e. The van der Waals surface area contributed by atoms with Crippen LogP contribution < -0.4 is 5.32 Å². The molecule has 5 nitrogen and oxygen atoms in total. The van der Waals surface area contributed by atoms with E-state index in [1.807, 2.05) is 29.6 Å². The molecule has 0 radical (unpaired) electrons. The van der Waals surface area contributed by atoms with E-state index in [4.69, 9.17) is 11.6 Å². The first-order valence-corrected chi connectivity index (χ1v) is 10.3. The molecule has 0 atom stereocenters. The summed E-state index contributed by atoms with van der Waals surface area (Å²) in [4.78, 5) is 4.55. The van der Waals surface area contributed by atoms with Gasteiger partial charge in [-0.3, -0.25) is 0 Å². The number of nitrogens with zero attached hydrogens (tertiary/aromatic N) is 2. The summed E-state index contributed by atoms with van der Waals surface area (Å²) in [5.74, 6) is 0.505. The number of aromatic nitrogens is 1. The van der Waals surface area contributed by atoms with Crippen molar-refractivity contribution in [3.05, 3.63) is 34.7 Å². The van der Waals surface area contributed by atoms with Gasteiger partial charge < -0.3 is 5.32 Å². The van der Waals surface area contributed by atoms with Crippen molar-refractivity contribution in [1.82, 2.24) is 9.29 Å². The summed E-state index contributed by atoms with van der Waals surface area (Å²) in [6.45, 7) is 3.58. The monoisotopic (exact) mass is 371 g/mol. The van der Waals surface area contributed by atoms with Crippen LogP contribution in [-0.4, -0.2) is 43.1 Å². The Morgan fingerprint density at radius 2 is 2.13 bits per heavy atom. The second-order valence-electron chi connectivity index (χ2n) is 5.48. The summed E-state index contributed by atoms with van der Waals surface area (Å²) >= 11 is 7.71. The van der Waals surface area contributed by atoms with Crippen LogP contribution in [0.5, 0.6) is 0 Å². The van der Waals surface area contributed by atoms with Crippen molar-refractivity contribution in [1.29, 1.82) is 0 Å². The third-order valence-corrected chi connectivity index (χ3v) is 6.82. The topological polar surface area (TPSA) is 62.3 Å². The van der Waals surface area contributed by atoms with Crippen molar-refractivity contribution in [2.75, 3.05) is 30.7 Å². The summed E-state index contributed by atoms with van der Waals surface area (Å²) < 4.78 is 24.9. The van der Waals surface area contributed by atoms with Gasteiger partial charge >= 0.3 is 0 Å². The fourth-order valence-electron chi connectivity index (χ4n) is 2.44. The molecule has 1 N–H and O–H groups in total. The highest BCUT2D eigenvalue weighted by Crippen LogP contribution is 2.30. The van der Waals surface area contributed by atoms with Gasteiger partial charge in [-0.05, 0) is 13.0 Å². The minimum atomic E-state index is -3.04. The Labute approximate surface area is 145 Å². The molecule has 0 aliphatic carbocycles. The summed E-state index contributed by atoms with van der Waals surface area (Å²) in [5.41, 5.74) is 1.77. The molecular formula is C15H18ClN3O2S2. The molecule has 2 heterocycles. The molecule has 8 heteroatoms. The highest BCUT2D eigenvalue weighted by Gasteiger charge is 2.34. The van der Waals surface area contributed by atoms with Crippen LogP contribution >= 0.6 is 22.9 Å². The van der Waals surface area contributed by atoms with Crippen LogP contribution in [0.2, 0.25) is 5.02 Å². The van der Waals surface area contributed by atoms with Crippen LogP contribution in [0, 0.1) is 5.92 Å². The largest absolute Gasteiger partial charge is 0.361 e. The Morgan fingerprint density at radius 1 is 1.39 bits per heavy atom. The van der Waals surface area contributed by atoms with E-state index in [0.29, 0.717) is 24.0 Å². The van der Waals surface area contributed by atoms with E-state index in [9.17, 15) is 8.42 Å². The molecule has 0 unspecified atom stereocenters. The number of sulfonamides is 1. The SMILES string of the molecule is CCS(=O)(=O)N1CC(CNc2nc(-c3ccccc3Cl)cs2)C1. The van der Waals surface area contributed by atoms with Gasteiger partial charge in [0.25, 0.3) is 0 Å². The summed E-state index contributed by atoms with van der Waals surface area (Å²) in [5, 5.41) is 6.77. The first kappa shape index (κ1) is 16.7. The number of halogens is 1. The maximum Gasteiger partial charge on any atom is 0.213 e. The summed E-state index contributed by atoms with van der Waals surface area (Å²) in [7, 11) is -3.04. The molecule has 1 saturated heterocycles. The predicted octanol–water partition coefficient (Wildman–Crippen LogP) is 3.16. The smallest absolute Gasteiger partial charge is 0.213 e. The van der Waals surface area contributed by atoms with Crippen LogP contribution in [0.1, 0.15) is 6.92 Å². The molecule has 23 heavy (non-hydrogen) atoms. The van der Waals surface area contributed by atoms with Crippen molar-refractivity contribution >= 4 is 38.1 Å². The first-order chi connectivity index (χ1) is 11.0. The van der Waals surface area contributed by atoms with Crippen LogP contribution in [0.3, 0.4) is 0 Å². The molecule has 1 aliphatic rings. The zero-order chi connectivity index (χ0) is 16.4. The van der Waals surface area contributed by atoms with Crippen molar-refractivity contribution in [2.45, 2.75) is 6.92 Å². The van der Waals surface area contributed by atoms with E-state index in [0.717, 1.165) is 22.9 Å². The van der Waals surface area contributed by atoms with E-state index in [1.54, 1.807) is 6.92 Å². The Hall–Kier alpha value is -1.15. The molecule has 1 fully saturated rings. The number of anilines is 1. The lowest BCUT2D eigenvalue weighted by Gasteiger charge is -2.37. The van der Waals surface area contributed by atoms with Gasteiger partial charge in [0.1, 0.15) is 0 Å². The maximum atomic E-state index is 11.7. The van der Waals surface area contributed by atoms with E-state index >= 15 is 0 Å². The second-order valence-corrected chi connectivity index (χ2v) is 9.01. The molecule has 1 aliphatic heterocycles. The van der Waals surface area contributed by atoms with Crippen molar-refractivity contribution < 1.29 is 8.42 Å². The number of rotatable bonds is 6. The fourth-order valence-corrected chi connectivity index (χ4v) is 4.63. The number of benzene rings is 1. The Morgan fingerprint density at radius 3 is 2.83 bits per heavy atom. The van der Waals surface area contributed by atoms with Crippen molar-refractivity contribution in [3.8, 4) is 11.3 Å². The van der Waals surface area contributed by atoms with E-state index in [1.165, 1.54) is 15.6 Å². The number of nitrogens with one attached hydrogen (secondary N) is 1. The highest BCUT2D eigenvalue weighted by atomic mass is 35.5. The van der Waals surface area contributed by atoms with Gasteiger partial charge in [0.05, 0.1) is 11.4 Å². The number of hydrogen-bond donors (Lipinski definition) is 1. The van der Waals surface area contributed by atoms with Crippen LogP contribution in [-0.2, 0) is 10.0 Å². The van der Waals surface area contributed by atoms with Gasteiger partial charge in [0.15, 0.2) is 5.13 Å². The molecule has 3 rings (SSSR count). The maximum absolute atomic E-state index is 11.7. The van der Waals surface area contributed by atoms with E-state index < -0.39 is 10.0 Å². The highest BCUT2D eigenvalue weighted by molar-refractivity contribution is 7.89. The molecular weight excluding hydrogens is 354 g/mol. The quantitative estimate of drug-likeness (QED) is 0.847. The molecule has 0 amide bonds. The van der Waals surface area contributed by atoms with Crippen LogP contribution in [0.25, 0.3) is 11.3 Å². The number of thiazole rings is 1. The third kappa shape index (κ3) is 3.68. The molecule has 1 aromatic carbocycles. The molecule has 0 spiro atoms. The minimum absolute atomic E-state index is 0.167. The van der Waals surface area contributed by atoms with Crippen molar-refractivity contribution in [2.24, 2.45) is 5.92 Å².